The Kier molecular flexibility index (Phi) is 9.71. The standard InChI is InChI=1S/C11HF23O3S.Li/c12-1(13,2(14,15)4(18,19)6(22,23)8(26,27)10(30,31)32)3(16,17)5(20,21)7(24,25)9(28,29)11(33,34)38(35,36)37;/h(H,35,36,37);/q;+1/p-1. The van der Waals surface area contributed by atoms with E-state index < -0.39 is 74.9 Å². The zero-order chi connectivity index (χ0) is 32.0. The van der Waals surface area contributed by atoms with Gasteiger partial charge >= 0.3 is 83.6 Å². The predicted octanol–water partition coefficient (Wildman–Crippen LogP) is 3.41. The summed E-state index contributed by atoms with van der Waals surface area (Å²) in [5, 5.41) is -8.26. The molecular weight excluding hydrogens is 656 g/mol. The minimum atomic E-state index is -9.59. The first-order valence-corrected chi connectivity index (χ1v) is 8.96. The molecule has 0 aliphatic heterocycles. The largest absolute Gasteiger partial charge is 1.00 e. The Morgan fingerprint density at radius 3 is 0.641 bits per heavy atom. The minimum Gasteiger partial charge on any atom is -0.743 e. The Labute approximate surface area is 208 Å². The van der Waals surface area contributed by atoms with Gasteiger partial charge in [0, 0.05) is 0 Å². The molecule has 0 aromatic heterocycles. The molecule has 39 heavy (non-hydrogen) atoms. The maximum Gasteiger partial charge on any atom is 1.00 e. The van der Waals surface area contributed by atoms with Crippen molar-refractivity contribution in [3.63, 3.8) is 0 Å². The van der Waals surface area contributed by atoms with E-state index in [0.717, 1.165) is 0 Å². The van der Waals surface area contributed by atoms with Crippen molar-refractivity contribution in [2.24, 2.45) is 0 Å². The van der Waals surface area contributed by atoms with Crippen molar-refractivity contribution in [2.45, 2.75) is 64.7 Å². The van der Waals surface area contributed by atoms with Crippen LogP contribution in [0.1, 0.15) is 0 Å². The zero-order valence-electron chi connectivity index (χ0n) is 16.8. The van der Waals surface area contributed by atoms with Crippen LogP contribution >= 0.6 is 0 Å². The van der Waals surface area contributed by atoms with Crippen molar-refractivity contribution in [3.05, 3.63) is 0 Å². The average Bonchev–Trinajstić information content (AvgIpc) is 2.64. The van der Waals surface area contributed by atoms with Gasteiger partial charge < -0.3 is 4.55 Å². The predicted molar refractivity (Wildman–Crippen MR) is 65.2 cm³/mol. The van der Waals surface area contributed by atoms with Crippen molar-refractivity contribution in [2.75, 3.05) is 0 Å². The van der Waals surface area contributed by atoms with Gasteiger partial charge in [0.25, 0.3) is 0 Å². The molecule has 0 atom stereocenters. The van der Waals surface area contributed by atoms with E-state index >= 15 is 0 Å². The number of hydrogen-bond donors (Lipinski definition) is 0. The molecule has 0 N–H and O–H groups in total. The van der Waals surface area contributed by atoms with Crippen LogP contribution in [-0.4, -0.2) is 77.7 Å². The Balaban J connectivity index is 0. The second-order valence-corrected chi connectivity index (χ2v) is 8.06. The molecule has 0 fully saturated rings. The van der Waals surface area contributed by atoms with Crippen LogP contribution < -0.4 is 18.9 Å². The van der Waals surface area contributed by atoms with Crippen LogP contribution in [0.3, 0.4) is 0 Å². The summed E-state index contributed by atoms with van der Waals surface area (Å²) in [5.74, 6) is -83.4. The number of rotatable bonds is 10. The third kappa shape index (κ3) is 4.69. The fourth-order valence-electron chi connectivity index (χ4n) is 1.90. The van der Waals surface area contributed by atoms with Crippen molar-refractivity contribution < 1.29 is 133 Å². The van der Waals surface area contributed by atoms with Crippen LogP contribution in [0, 0.1) is 0 Å². The van der Waals surface area contributed by atoms with E-state index in [-0.39, 0.29) is 18.9 Å². The quantitative estimate of drug-likeness (QED) is 0.206. The number of halogens is 23. The smallest absolute Gasteiger partial charge is 0.743 e. The van der Waals surface area contributed by atoms with Gasteiger partial charge in [-0.25, -0.2) is 8.42 Å². The third-order valence-electron chi connectivity index (χ3n) is 4.19. The molecule has 0 amide bonds. The fourth-order valence-corrected chi connectivity index (χ4v) is 2.34. The molecule has 0 aliphatic carbocycles. The van der Waals surface area contributed by atoms with Crippen molar-refractivity contribution in [1.29, 1.82) is 0 Å². The fraction of sp³-hybridized carbons (Fsp3) is 1.00. The Morgan fingerprint density at radius 1 is 0.333 bits per heavy atom. The van der Waals surface area contributed by atoms with Gasteiger partial charge in [0.15, 0.2) is 10.1 Å². The Bertz CT molecular complexity index is 1010. The molecule has 0 aromatic rings. The van der Waals surface area contributed by atoms with E-state index in [1.54, 1.807) is 0 Å². The molecule has 0 aromatic carbocycles. The molecule has 0 aliphatic rings. The van der Waals surface area contributed by atoms with Crippen LogP contribution in [0.4, 0.5) is 101 Å². The van der Waals surface area contributed by atoms with Gasteiger partial charge in [-0.05, 0) is 0 Å². The van der Waals surface area contributed by atoms with Crippen LogP contribution in [-0.2, 0) is 10.1 Å². The maximum atomic E-state index is 13.4. The Hall–Kier alpha value is -1.10. The average molecular weight is 656 g/mol. The molecule has 28 heteroatoms. The van der Waals surface area contributed by atoms with Crippen LogP contribution in [0.15, 0.2) is 0 Å². The van der Waals surface area contributed by atoms with Gasteiger partial charge in [0.05, 0.1) is 0 Å². The van der Waals surface area contributed by atoms with Crippen molar-refractivity contribution in [3.8, 4) is 0 Å². The van der Waals surface area contributed by atoms with E-state index in [2.05, 4.69) is 0 Å². The molecule has 230 valence electrons. The van der Waals surface area contributed by atoms with E-state index in [1.807, 2.05) is 0 Å². The van der Waals surface area contributed by atoms with Gasteiger partial charge in [0.2, 0.25) is 0 Å². The molecular formula is C11F23LiO3S. The van der Waals surface area contributed by atoms with Crippen molar-refractivity contribution in [1.82, 2.24) is 0 Å². The minimum absolute atomic E-state index is 0. The zero-order valence-corrected chi connectivity index (χ0v) is 17.6. The molecule has 0 bridgehead atoms. The van der Waals surface area contributed by atoms with Crippen molar-refractivity contribution >= 4 is 10.1 Å². The van der Waals surface area contributed by atoms with Gasteiger partial charge in [0.1, 0.15) is 0 Å². The molecule has 0 heterocycles. The number of hydrogen-bond acceptors (Lipinski definition) is 3. The van der Waals surface area contributed by atoms with Gasteiger partial charge in [-0.15, -0.1) is 0 Å². The summed E-state index contributed by atoms with van der Waals surface area (Å²) in [6.07, 6.45) is -8.16. The summed E-state index contributed by atoms with van der Waals surface area (Å²) < 4.78 is 328. The van der Waals surface area contributed by atoms with E-state index in [4.69, 9.17) is 0 Å². The molecule has 0 radical (unpaired) electrons. The van der Waals surface area contributed by atoms with E-state index in [9.17, 15) is 114 Å². The summed E-state index contributed by atoms with van der Waals surface area (Å²) in [6, 6.07) is 0. The summed E-state index contributed by atoms with van der Waals surface area (Å²) in [5.41, 5.74) is 0. The third-order valence-corrected chi connectivity index (χ3v) is 5.07. The monoisotopic (exact) mass is 656 g/mol. The van der Waals surface area contributed by atoms with Crippen LogP contribution in [0.5, 0.6) is 0 Å². The summed E-state index contributed by atoms with van der Waals surface area (Å²) in [4.78, 5) is 0. The SMILES string of the molecule is O=S(=O)([O-])C(F)(F)C(F)(F)C(F)(F)C(F)(F)C(F)(F)C(F)(F)C(F)(F)C(F)(F)C(F)(F)C(F)(F)C(F)(F)F.[Li+]. The van der Waals surface area contributed by atoms with Gasteiger partial charge in [-0.3, -0.25) is 0 Å². The van der Waals surface area contributed by atoms with E-state index in [1.165, 1.54) is 0 Å². The first-order valence-electron chi connectivity index (χ1n) is 7.55. The molecule has 0 rings (SSSR count). The Morgan fingerprint density at radius 2 is 0.487 bits per heavy atom. The molecule has 0 saturated heterocycles. The van der Waals surface area contributed by atoms with Crippen LogP contribution in [0.25, 0.3) is 0 Å². The van der Waals surface area contributed by atoms with Crippen LogP contribution in [0.2, 0.25) is 0 Å². The normalized spacial score (nSPS) is 16.7. The second-order valence-electron chi connectivity index (χ2n) is 6.64. The van der Waals surface area contributed by atoms with Gasteiger partial charge in [-0.1, -0.05) is 0 Å². The number of alkyl halides is 23. The molecule has 0 unspecified atom stereocenters. The summed E-state index contributed by atoms with van der Waals surface area (Å²) in [6.45, 7) is 0. The van der Waals surface area contributed by atoms with E-state index in [0.29, 0.717) is 0 Å². The summed E-state index contributed by atoms with van der Waals surface area (Å²) >= 11 is 0. The maximum absolute atomic E-state index is 13.4. The van der Waals surface area contributed by atoms with Gasteiger partial charge in [-0.2, -0.15) is 101 Å². The molecule has 0 spiro atoms. The molecule has 0 saturated carbocycles. The topological polar surface area (TPSA) is 57.2 Å². The first-order chi connectivity index (χ1) is 15.8. The second kappa shape index (κ2) is 9.46. The summed E-state index contributed by atoms with van der Waals surface area (Å²) in [7, 11) is -8.42. The molecule has 3 nitrogen and oxygen atoms in total. The first kappa shape index (κ1) is 40.0.